The molecule has 1 aliphatic carbocycles. The molecular formula is C23H26F3NO3S. The Kier molecular flexibility index (Phi) is 7.54. The molecule has 3 rings (SSSR count). The van der Waals surface area contributed by atoms with Gasteiger partial charge in [-0.1, -0.05) is 68.5 Å². The highest BCUT2D eigenvalue weighted by Gasteiger charge is 2.30. The van der Waals surface area contributed by atoms with E-state index in [-0.39, 0.29) is 17.1 Å². The Labute approximate surface area is 180 Å². The minimum atomic E-state index is -4.66. The maximum absolute atomic E-state index is 12.8. The van der Waals surface area contributed by atoms with Crippen molar-refractivity contribution in [3.63, 3.8) is 0 Å². The monoisotopic (exact) mass is 453 g/mol. The van der Waals surface area contributed by atoms with Crippen LogP contribution in [0.4, 0.5) is 13.2 Å². The molecule has 0 saturated heterocycles. The molecule has 0 heterocycles. The van der Waals surface area contributed by atoms with Gasteiger partial charge >= 0.3 is 6.18 Å². The molecule has 2 aromatic rings. The molecule has 0 aromatic heterocycles. The molecule has 1 fully saturated rings. The van der Waals surface area contributed by atoms with Crippen molar-refractivity contribution < 1.29 is 26.4 Å². The molecule has 168 valence electrons. The van der Waals surface area contributed by atoms with Gasteiger partial charge in [-0.15, -0.1) is 0 Å². The Morgan fingerprint density at radius 1 is 1.00 bits per heavy atom. The third kappa shape index (κ3) is 6.90. The molecule has 1 saturated carbocycles. The Balaban J connectivity index is 1.87. The van der Waals surface area contributed by atoms with Gasteiger partial charge < -0.3 is 0 Å². The highest BCUT2D eigenvalue weighted by atomic mass is 32.2. The molecule has 0 spiro atoms. The van der Waals surface area contributed by atoms with E-state index >= 15 is 0 Å². The van der Waals surface area contributed by atoms with Crippen molar-refractivity contribution in [1.82, 2.24) is 4.72 Å². The lowest BCUT2D eigenvalue weighted by molar-refractivity contribution is -0.121. The first kappa shape index (κ1) is 23.5. The number of rotatable bonds is 8. The summed E-state index contributed by atoms with van der Waals surface area (Å²) in [6.07, 6.45) is 1.29. The van der Waals surface area contributed by atoms with Gasteiger partial charge in [-0.3, -0.25) is 4.79 Å². The lowest BCUT2D eigenvalue weighted by atomic mass is 9.84. The highest BCUT2D eigenvalue weighted by molar-refractivity contribution is 7.89. The Hall–Kier alpha value is -2.19. The average molecular weight is 454 g/mol. The fourth-order valence-corrected chi connectivity index (χ4v) is 5.11. The van der Waals surface area contributed by atoms with Crippen LogP contribution in [0.3, 0.4) is 0 Å². The minimum Gasteiger partial charge on any atom is -0.299 e. The van der Waals surface area contributed by atoms with Crippen molar-refractivity contribution in [3.8, 4) is 11.1 Å². The molecule has 0 aliphatic heterocycles. The summed E-state index contributed by atoms with van der Waals surface area (Å²) in [7, 11) is -4.36. The summed E-state index contributed by atoms with van der Waals surface area (Å²) >= 11 is 0. The number of sulfonamides is 1. The first-order valence-electron chi connectivity index (χ1n) is 10.4. The maximum atomic E-state index is 12.8. The van der Waals surface area contributed by atoms with Crippen LogP contribution in [0.25, 0.3) is 11.1 Å². The van der Waals surface area contributed by atoms with Crippen molar-refractivity contribution in [1.29, 1.82) is 0 Å². The molecule has 4 nitrogen and oxygen atoms in total. The second-order valence-electron chi connectivity index (χ2n) is 8.05. The van der Waals surface area contributed by atoms with Gasteiger partial charge in [0.05, 0.1) is 4.90 Å². The van der Waals surface area contributed by atoms with E-state index in [1.54, 1.807) is 10.8 Å². The van der Waals surface area contributed by atoms with Gasteiger partial charge in [0, 0.05) is 12.8 Å². The summed E-state index contributed by atoms with van der Waals surface area (Å²) in [6.45, 7) is -1.65. The first-order chi connectivity index (χ1) is 14.6. The number of carbonyl (C=O) groups excluding carboxylic acids is 1. The lowest BCUT2D eigenvalue weighted by Crippen LogP contribution is -2.33. The van der Waals surface area contributed by atoms with Crippen LogP contribution in [-0.4, -0.2) is 26.9 Å². The van der Waals surface area contributed by atoms with Crippen molar-refractivity contribution in [3.05, 3.63) is 54.1 Å². The van der Waals surface area contributed by atoms with E-state index < -0.39 is 22.7 Å². The predicted octanol–water partition coefficient (Wildman–Crippen LogP) is 5.28. The van der Waals surface area contributed by atoms with Gasteiger partial charge in [0.2, 0.25) is 10.0 Å². The van der Waals surface area contributed by atoms with E-state index in [4.69, 9.17) is 0 Å². The summed E-state index contributed by atoms with van der Waals surface area (Å²) in [5.74, 6) is 0.365. The summed E-state index contributed by atoms with van der Waals surface area (Å²) in [4.78, 5) is 12.5. The molecule has 0 amide bonds. The lowest BCUT2D eigenvalue weighted by Gasteiger charge is -2.21. The minimum absolute atomic E-state index is 0.0156. The highest BCUT2D eigenvalue weighted by Crippen LogP contribution is 2.30. The molecule has 0 bridgehead atoms. The van der Waals surface area contributed by atoms with Gasteiger partial charge in [-0.25, -0.2) is 13.1 Å². The fraction of sp³-hybridized carbons (Fsp3) is 0.435. The molecular weight excluding hydrogens is 427 g/mol. The van der Waals surface area contributed by atoms with Gasteiger partial charge in [0.15, 0.2) is 0 Å². The Morgan fingerprint density at radius 2 is 1.68 bits per heavy atom. The zero-order valence-electron chi connectivity index (χ0n) is 17.1. The van der Waals surface area contributed by atoms with E-state index in [0.29, 0.717) is 23.5 Å². The number of ketones is 1. The van der Waals surface area contributed by atoms with E-state index in [1.165, 1.54) is 18.6 Å². The number of hydrogen-bond acceptors (Lipinski definition) is 3. The number of nitrogens with one attached hydrogen (secondary N) is 1. The van der Waals surface area contributed by atoms with E-state index in [2.05, 4.69) is 0 Å². The van der Waals surface area contributed by atoms with Gasteiger partial charge in [0.25, 0.3) is 0 Å². The van der Waals surface area contributed by atoms with E-state index in [1.807, 2.05) is 30.3 Å². The van der Waals surface area contributed by atoms with Crippen LogP contribution in [0.2, 0.25) is 0 Å². The summed E-state index contributed by atoms with van der Waals surface area (Å²) < 4.78 is 63.8. The van der Waals surface area contributed by atoms with Gasteiger partial charge in [-0.05, 0) is 34.7 Å². The zero-order chi connectivity index (χ0) is 22.5. The number of alkyl halides is 3. The van der Waals surface area contributed by atoms with Crippen molar-refractivity contribution in [2.45, 2.75) is 56.0 Å². The van der Waals surface area contributed by atoms with Crippen molar-refractivity contribution in [2.24, 2.45) is 5.92 Å². The number of halogens is 3. The SMILES string of the molecule is O=C(Cc1cc(S(=O)(=O)NCC(F)(F)F)ccc1-c1ccccc1)CC1CCCCC1. The van der Waals surface area contributed by atoms with E-state index in [0.717, 1.165) is 31.2 Å². The van der Waals surface area contributed by atoms with Crippen molar-refractivity contribution in [2.75, 3.05) is 6.54 Å². The number of benzene rings is 2. The standard InChI is InChI=1S/C23H26F3NO3S/c24-23(25,26)16-27-31(29,30)21-11-12-22(18-9-5-2-6-10-18)19(15-21)14-20(28)13-17-7-3-1-4-8-17/h2,5-6,9-12,15,17,27H,1,3-4,7-8,13-14,16H2. The summed E-state index contributed by atoms with van der Waals surface area (Å²) in [5.41, 5.74) is 2.02. The second-order valence-corrected chi connectivity index (χ2v) is 9.82. The molecule has 1 aliphatic rings. The smallest absolute Gasteiger partial charge is 0.299 e. The zero-order valence-corrected chi connectivity index (χ0v) is 17.9. The summed E-state index contributed by atoms with van der Waals surface area (Å²) in [6, 6.07) is 13.4. The quantitative estimate of drug-likeness (QED) is 0.592. The van der Waals surface area contributed by atoms with E-state index in [9.17, 15) is 26.4 Å². The van der Waals surface area contributed by atoms with Crippen LogP contribution in [0.5, 0.6) is 0 Å². The normalized spacial score (nSPS) is 15.7. The second kappa shape index (κ2) is 9.96. The maximum Gasteiger partial charge on any atom is 0.402 e. The van der Waals surface area contributed by atoms with Crippen LogP contribution in [0.15, 0.2) is 53.4 Å². The molecule has 0 atom stereocenters. The van der Waals surface area contributed by atoms with Crippen LogP contribution >= 0.6 is 0 Å². The third-order valence-electron chi connectivity index (χ3n) is 5.56. The average Bonchev–Trinajstić information content (AvgIpc) is 2.73. The number of carbonyl (C=O) groups is 1. The topological polar surface area (TPSA) is 63.2 Å². The molecule has 1 N–H and O–H groups in total. The van der Waals surface area contributed by atoms with Crippen LogP contribution in [-0.2, 0) is 21.2 Å². The van der Waals surface area contributed by atoms with Crippen LogP contribution < -0.4 is 4.72 Å². The van der Waals surface area contributed by atoms with Crippen LogP contribution in [0, 0.1) is 5.92 Å². The summed E-state index contributed by atoms with van der Waals surface area (Å²) in [5, 5.41) is 0. The Bertz CT molecular complexity index is 998. The number of hydrogen-bond donors (Lipinski definition) is 1. The fourth-order valence-electron chi connectivity index (χ4n) is 4.04. The Morgan fingerprint density at radius 3 is 2.32 bits per heavy atom. The number of Topliss-reactive ketones (excluding diaryl/α,β-unsaturated/α-hetero) is 1. The van der Waals surface area contributed by atoms with Crippen molar-refractivity contribution >= 4 is 15.8 Å². The molecule has 8 heteroatoms. The van der Waals surface area contributed by atoms with Gasteiger partial charge in [-0.2, -0.15) is 13.2 Å². The van der Waals surface area contributed by atoms with Crippen LogP contribution in [0.1, 0.15) is 44.1 Å². The largest absolute Gasteiger partial charge is 0.402 e. The predicted molar refractivity (Wildman–Crippen MR) is 113 cm³/mol. The van der Waals surface area contributed by atoms with Gasteiger partial charge in [0.1, 0.15) is 12.3 Å². The first-order valence-corrected chi connectivity index (χ1v) is 11.9. The molecule has 2 aromatic carbocycles. The molecule has 0 unspecified atom stereocenters. The third-order valence-corrected chi connectivity index (χ3v) is 6.96. The molecule has 0 radical (unpaired) electrons. The molecule has 31 heavy (non-hydrogen) atoms.